The van der Waals surface area contributed by atoms with Crippen LogP contribution in [0.3, 0.4) is 0 Å². The number of nitrogens with one attached hydrogen (secondary N) is 1. The van der Waals surface area contributed by atoms with Crippen molar-refractivity contribution in [3.05, 3.63) is 0 Å². The van der Waals surface area contributed by atoms with Gasteiger partial charge in [-0.05, 0) is 58.1 Å². The van der Waals surface area contributed by atoms with E-state index in [1.165, 1.54) is 37.4 Å². The van der Waals surface area contributed by atoms with Crippen molar-refractivity contribution in [3.8, 4) is 0 Å². The molecule has 0 aromatic carbocycles. The highest BCUT2D eigenvalue weighted by atomic mass is 32.2. The third kappa shape index (κ3) is 10.2. The van der Waals surface area contributed by atoms with E-state index >= 15 is 0 Å². The SMILES string of the molecule is CCSCCCN(C)CCCNC. The summed E-state index contributed by atoms with van der Waals surface area (Å²) in [7, 11) is 4.23. The van der Waals surface area contributed by atoms with Crippen molar-refractivity contribution in [2.45, 2.75) is 19.8 Å². The van der Waals surface area contributed by atoms with E-state index in [0.29, 0.717) is 0 Å². The Hall–Kier alpha value is 0.270. The van der Waals surface area contributed by atoms with Crippen LogP contribution in [0.1, 0.15) is 19.8 Å². The number of hydrogen-bond acceptors (Lipinski definition) is 3. The minimum Gasteiger partial charge on any atom is -0.320 e. The molecule has 0 fully saturated rings. The molecular weight excluding hydrogens is 180 g/mol. The van der Waals surface area contributed by atoms with Crippen molar-refractivity contribution in [2.24, 2.45) is 0 Å². The first-order valence-electron chi connectivity index (χ1n) is 5.22. The summed E-state index contributed by atoms with van der Waals surface area (Å²) in [6.07, 6.45) is 2.59. The molecule has 13 heavy (non-hydrogen) atoms. The standard InChI is InChI=1S/C10H24N2S/c1-4-13-10-6-9-12(3)8-5-7-11-2/h11H,4-10H2,1-3H3. The molecule has 0 aliphatic rings. The second kappa shape index (κ2) is 10.4. The van der Waals surface area contributed by atoms with E-state index < -0.39 is 0 Å². The van der Waals surface area contributed by atoms with Gasteiger partial charge in [-0.3, -0.25) is 0 Å². The maximum Gasteiger partial charge on any atom is -0.000969 e. The molecule has 1 N–H and O–H groups in total. The molecule has 0 unspecified atom stereocenters. The number of thioether (sulfide) groups is 1. The minimum atomic E-state index is 1.13. The van der Waals surface area contributed by atoms with Crippen LogP contribution in [0.5, 0.6) is 0 Å². The first-order valence-corrected chi connectivity index (χ1v) is 6.37. The van der Waals surface area contributed by atoms with Gasteiger partial charge in [0.05, 0.1) is 0 Å². The van der Waals surface area contributed by atoms with E-state index in [1.807, 2.05) is 18.8 Å². The van der Waals surface area contributed by atoms with Crippen LogP contribution in [0.25, 0.3) is 0 Å². The third-order valence-electron chi connectivity index (χ3n) is 2.00. The molecule has 0 atom stereocenters. The molecule has 80 valence electrons. The summed E-state index contributed by atoms with van der Waals surface area (Å²) >= 11 is 2.04. The molecule has 0 aromatic rings. The van der Waals surface area contributed by atoms with Crippen LogP contribution in [-0.4, -0.2) is 50.1 Å². The molecule has 0 rings (SSSR count). The summed E-state index contributed by atoms with van der Waals surface area (Å²) in [5.74, 6) is 2.57. The predicted octanol–water partition coefficient (Wildman–Crippen LogP) is 1.67. The van der Waals surface area contributed by atoms with Crippen LogP contribution in [0.2, 0.25) is 0 Å². The average molecular weight is 204 g/mol. The molecule has 0 saturated carbocycles. The molecular formula is C10H24N2S. The molecule has 2 nitrogen and oxygen atoms in total. The highest BCUT2D eigenvalue weighted by Gasteiger charge is 1.96. The monoisotopic (exact) mass is 204 g/mol. The summed E-state index contributed by atoms with van der Waals surface area (Å²) in [5.41, 5.74) is 0. The van der Waals surface area contributed by atoms with E-state index in [2.05, 4.69) is 24.2 Å². The van der Waals surface area contributed by atoms with Gasteiger partial charge >= 0.3 is 0 Å². The second-order valence-electron chi connectivity index (χ2n) is 3.31. The summed E-state index contributed by atoms with van der Waals surface area (Å²) in [4.78, 5) is 2.42. The van der Waals surface area contributed by atoms with Crippen molar-refractivity contribution in [1.82, 2.24) is 10.2 Å². The molecule has 0 spiro atoms. The Morgan fingerprint density at radius 2 is 1.92 bits per heavy atom. The van der Waals surface area contributed by atoms with Gasteiger partial charge in [-0.2, -0.15) is 11.8 Å². The van der Waals surface area contributed by atoms with Crippen LogP contribution in [0, 0.1) is 0 Å². The predicted molar refractivity (Wildman–Crippen MR) is 63.7 cm³/mol. The third-order valence-corrected chi connectivity index (χ3v) is 2.98. The van der Waals surface area contributed by atoms with Crippen LogP contribution in [0.15, 0.2) is 0 Å². The molecule has 0 saturated heterocycles. The van der Waals surface area contributed by atoms with Gasteiger partial charge in [-0.15, -0.1) is 0 Å². The fourth-order valence-electron chi connectivity index (χ4n) is 1.22. The van der Waals surface area contributed by atoms with Crippen molar-refractivity contribution in [2.75, 3.05) is 45.2 Å². The van der Waals surface area contributed by atoms with Crippen LogP contribution in [0.4, 0.5) is 0 Å². The summed E-state index contributed by atoms with van der Waals surface area (Å²) < 4.78 is 0. The molecule has 0 aliphatic heterocycles. The quantitative estimate of drug-likeness (QED) is 0.575. The maximum absolute atomic E-state index is 3.17. The minimum absolute atomic E-state index is 1.13. The van der Waals surface area contributed by atoms with Crippen LogP contribution >= 0.6 is 11.8 Å². The number of hydrogen-bond donors (Lipinski definition) is 1. The highest BCUT2D eigenvalue weighted by molar-refractivity contribution is 7.99. The van der Waals surface area contributed by atoms with Gasteiger partial charge < -0.3 is 10.2 Å². The lowest BCUT2D eigenvalue weighted by Gasteiger charge is -2.15. The van der Waals surface area contributed by atoms with E-state index in [-0.39, 0.29) is 0 Å². The van der Waals surface area contributed by atoms with Gasteiger partial charge in [0, 0.05) is 0 Å². The van der Waals surface area contributed by atoms with E-state index in [4.69, 9.17) is 0 Å². The summed E-state index contributed by atoms with van der Waals surface area (Å²) in [5, 5.41) is 3.17. The molecule has 0 amide bonds. The number of rotatable bonds is 9. The Morgan fingerprint density at radius 3 is 2.54 bits per heavy atom. The first kappa shape index (κ1) is 13.3. The van der Waals surface area contributed by atoms with Crippen molar-refractivity contribution < 1.29 is 0 Å². The fourth-order valence-corrected chi connectivity index (χ4v) is 1.84. The van der Waals surface area contributed by atoms with Crippen LogP contribution < -0.4 is 5.32 Å². The van der Waals surface area contributed by atoms with Crippen LogP contribution in [-0.2, 0) is 0 Å². The van der Waals surface area contributed by atoms with Crippen molar-refractivity contribution in [1.29, 1.82) is 0 Å². The Bertz CT molecular complexity index is 98.9. The van der Waals surface area contributed by atoms with Gasteiger partial charge in [-0.1, -0.05) is 6.92 Å². The lowest BCUT2D eigenvalue weighted by Crippen LogP contribution is -2.24. The lowest BCUT2D eigenvalue weighted by molar-refractivity contribution is 0.330. The van der Waals surface area contributed by atoms with Gasteiger partial charge in [0.1, 0.15) is 0 Å². The van der Waals surface area contributed by atoms with Gasteiger partial charge in [0.15, 0.2) is 0 Å². The summed E-state index contributed by atoms with van der Waals surface area (Å²) in [6.45, 7) is 5.82. The van der Waals surface area contributed by atoms with E-state index in [1.54, 1.807) is 0 Å². The Morgan fingerprint density at radius 1 is 1.23 bits per heavy atom. The number of nitrogens with zero attached hydrogens (tertiary/aromatic N) is 1. The maximum atomic E-state index is 3.17. The molecule has 0 heterocycles. The molecule has 0 aliphatic carbocycles. The molecule has 0 aromatic heterocycles. The Labute approximate surface area is 87.5 Å². The lowest BCUT2D eigenvalue weighted by atomic mass is 10.3. The summed E-state index contributed by atoms with van der Waals surface area (Å²) in [6, 6.07) is 0. The Kier molecular flexibility index (Phi) is 10.6. The zero-order valence-corrected chi connectivity index (χ0v) is 10.1. The zero-order valence-electron chi connectivity index (χ0n) is 9.31. The first-order chi connectivity index (χ1) is 6.31. The normalized spacial score (nSPS) is 11.1. The zero-order chi connectivity index (χ0) is 9.94. The van der Waals surface area contributed by atoms with Gasteiger partial charge in [0.25, 0.3) is 0 Å². The second-order valence-corrected chi connectivity index (χ2v) is 4.70. The van der Waals surface area contributed by atoms with E-state index in [9.17, 15) is 0 Å². The van der Waals surface area contributed by atoms with Gasteiger partial charge in [0.2, 0.25) is 0 Å². The fraction of sp³-hybridized carbons (Fsp3) is 1.00. The molecule has 0 bridgehead atoms. The average Bonchev–Trinajstić information content (AvgIpc) is 2.13. The largest absolute Gasteiger partial charge is 0.320 e. The van der Waals surface area contributed by atoms with E-state index in [0.717, 1.165) is 6.54 Å². The van der Waals surface area contributed by atoms with Crippen molar-refractivity contribution in [3.63, 3.8) is 0 Å². The van der Waals surface area contributed by atoms with Crippen molar-refractivity contribution >= 4 is 11.8 Å². The molecule has 0 radical (unpaired) electrons. The van der Waals surface area contributed by atoms with Gasteiger partial charge in [-0.25, -0.2) is 0 Å². The topological polar surface area (TPSA) is 15.3 Å². The Balaban J connectivity index is 3.05. The smallest absolute Gasteiger partial charge is 0.000969 e. The molecule has 3 heteroatoms. The highest BCUT2D eigenvalue weighted by Crippen LogP contribution is 2.01.